The molecule has 74 valence electrons. The van der Waals surface area contributed by atoms with Crippen molar-refractivity contribution in [2.24, 2.45) is 0 Å². The van der Waals surface area contributed by atoms with Crippen molar-refractivity contribution in [1.29, 1.82) is 0 Å². The molecule has 0 spiro atoms. The molecule has 0 aromatic heterocycles. The highest BCUT2D eigenvalue weighted by molar-refractivity contribution is 4.65. The molecule has 2 N–H and O–H groups in total. The van der Waals surface area contributed by atoms with Crippen LogP contribution in [0, 0.1) is 0 Å². The van der Waals surface area contributed by atoms with Crippen LogP contribution in [0.4, 0.5) is 0 Å². The highest BCUT2D eigenvalue weighted by atomic mass is 14.9. The minimum atomic E-state index is 0.663. The maximum atomic E-state index is 3.42. The second-order valence-corrected chi connectivity index (χ2v) is 3.49. The Morgan fingerprint density at radius 3 is 1.42 bits per heavy atom. The summed E-state index contributed by atoms with van der Waals surface area (Å²) in [6.07, 6.45) is 2.53. The van der Waals surface area contributed by atoms with E-state index in [9.17, 15) is 0 Å². The van der Waals surface area contributed by atoms with Crippen molar-refractivity contribution in [3.8, 4) is 0 Å². The van der Waals surface area contributed by atoms with Crippen LogP contribution >= 0.6 is 0 Å². The lowest BCUT2D eigenvalue weighted by molar-refractivity contribution is 0.448. The van der Waals surface area contributed by atoms with Gasteiger partial charge in [-0.3, -0.25) is 0 Å². The minimum Gasteiger partial charge on any atom is -0.315 e. The molecule has 2 unspecified atom stereocenters. The van der Waals surface area contributed by atoms with Crippen LogP contribution < -0.4 is 10.6 Å². The smallest absolute Gasteiger partial charge is 0.00391 e. The fourth-order valence-electron chi connectivity index (χ4n) is 1.40. The van der Waals surface area contributed by atoms with E-state index in [1.54, 1.807) is 0 Å². The van der Waals surface area contributed by atoms with Gasteiger partial charge in [-0.15, -0.1) is 0 Å². The molecular formula is C10H24N2. The predicted octanol–water partition coefficient (Wildman–Crippen LogP) is 1.76. The van der Waals surface area contributed by atoms with E-state index in [1.807, 2.05) is 0 Å². The zero-order chi connectivity index (χ0) is 9.40. The van der Waals surface area contributed by atoms with Gasteiger partial charge in [-0.2, -0.15) is 0 Å². The first-order valence-corrected chi connectivity index (χ1v) is 5.17. The van der Waals surface area contributed by atoms with Gasteiger partial charge in [-0.05, 0) is 39.8 Å². The highest BCUT2D eigenvalue weighted by Crippen LogP contribution is 2.00. The van der Waals surface area contributed by atoms with Crippen LogP contribution in [0.5, 0.6) is 0 Å². The first kappa shape index (κ1) is 11.9. The lowest BCUT2D eigenvalue weighted by Gasteiger charge is -2.16. The Hall–Kier alpha value is -0.0800. The first-order chi connectivity index (χ1) is 5.70. The fourth-order valence-corrected chi connectivity index (χ4v) is 1.40. The van der Waals surface area contributed by atoms with Gasteiger partial charge in [0.05, 0.1) is 0 Å². The van der Waals surface area contributed by atoms with Gasteiger partial charge in [0, 0.05) is 12.1 Å². The van der Waals surface area contributed by atoms with Crippen molar-refractivity contribution in [1.82, 2.24) is 10.6 Å². The normalized spacial score (nSPS) is 16.0. The lowest BCUT2D eigenvalue weighted by Crippen LogP contribution is -2.30. The summed E-state index contributed by atoms with van der Waals surface area (Å²) in [6, 6.07) is 1.33. The molecule has 0 radical (unpaired) electrons. The van der Waals surface area contributed by atoms with E-state index >= 15 is 0 Å². The van der Waals surface area contributed by atoms with Crippen LogP contribution in [0.2, 0.25) is 0 Å². The molecule has 0 heterocycles. The van der Waals surface area contributed by atoms with Gasteiger partial charge < -0.3 is 10.6 Å². The molecule has 0 aliphatic carbocycles. The first-order valence-electron chi connectivity index (χ1n) is 5.17. The molecule has 0 bridgehead atoms. The van der Waals surface area contributed by atoms with Gasteiger partial charge >= 0.3 is 0 Å². The van der Waals surface area contributed by atoms with Crippen LogP contribution in [0.25, 0.3) is 0 Å². The SMILES string of the molecule is CCNC(C)CCC(C)NCC. The van der Waals surface area contributed by atoms with Gasteiger partial charge in [0.25, 0.3) is 0 Å². The molecule has 2 nitrogen and oxygen atoms in total. The fraction of sp³-hybridized carbons (Fsp3) is 1.00. The Morgan fingerprint density at radius 1 is 0.833 bits per heavy atom. The van der Waals surface area contributed by atoms with Crippen molar-refractivity contribution in [3.63, 3.8) is 0 Å². The van der Waals surface area contributed by atoms with E-state index in [-0.39, 0.29) is 0 Å². The van der Waals surface area contributed by atoms with E-state index in [0.717, 1.165) is 13.1 Å². The molecule has 0 aromatic rings. The second-order valence-electron chi connectivity index (χ2n) is 3.49. The van der Waals surface area contributed by atoms with Gasteiger partial charge in [0.2, 0.25) is 0 Å². The lowest BCUT2D eigenvalue weighted by atomic mass is 10.1. The Morgan fingerprint density at radius 2 is 1.17 bits per heavy atom. The summed E-state index contributed by atoms with van der Waals surface area (Å²) in [5, 5.41) is 6.83. The van der Waals surface area contributed by atoms with Crippen molar-refractivity contribution in [2.45, 2.75) is 52.6 Å². The molecule has 2 heteroatoms. The van der Waals surface area contributed by atoms with Crippen molar-refractivity contribution < 1.29 is 0 Å². The molecule has 12 heavy (non-hydrogen) atoms. The summed E-state index contributed by atoms with van der Waals surface area (Å²) >= 11 is 0. The van der Waals surface area contributed by atoms with E-state index in [0.29, 0.717) is 12.1 Å². The topological polar surface area (TPSA) is 24.1 Å². The summed E-state index contributed by atoms with van der Waals surface area (Å²) < 4.78 is 0. The highest BCUT2D eigenvalue weighted by Gasteiger charge is 2.03. The second kappa shape index (κ2) is 7.56. The number of hydrogen-bond acceptors (Lipinski definition) is 2. The molecule has 2 atom stereocenters. The van der Waals surface area contributed by atoms with Gasteiger partial charge in [0.15, 0.2) is 0 Å². The van der Waals surface area contributed by atoms with Gasteiger partial charge in [-0.25, -0.2) is 0 Å². The quantitative estimate of drug-likeness (QED) is 0.611. The predicted molar refractivity (Wildman–Crippen MR) is 55.5 cm³/mol. The Kier molecular flexibility index (Phi) is 7.51. The molecule has 0 aliphatic rings. The zero-order valence-electron chi connectivity index (χ0n) is 8.98. The number of hydrogen-bond donors (Lipinski definition) is 2. The average Bonchev–Trinajstić information content (AvgIpc) is 2.02. The zero-order valence-corrected chi connectivity index (χ0v) is 8.98. The molecule has 0 saturated heterocycles. The molecule has 0 amide bonds. The Bertz CT molecular complexity index is 81.8. The third-order valence-electron chi connectivity index (χ3n) is 2.14. The molecule has 0 aromatic carbocycles. The van der Waals surface area contributed by atoms with E-state index < -0.39 is 0 Å². The molecule has 0 fully saturated rings. The maximum Gasteiger partial charge on any atom is 0.00391 e. The summed E-state index contributed by atoms with van der Waals surface area (Å²) in [4.78, 5) is 0. The van der Waals surface area contributed by atoms with Crippen LogP contribution in [-0.2, 0) is 0 Å². The van der Waals surface area contributed by atoms with Crippen LogP contribution in [0.3, 0.4) is 0 Å². The van der Waals surface area contributed by atoms with Crippen LogP contribution in [-0.4, -0.2) is 25.2 Å². The maximum absolute atomic E-state index is 3.42. The third-order valence-corrected chi connectivity index (χ3v) is 2.14. The van der Waals surface area contributed by atoms with E-state index in [4.69, 9.17) is 0 Å². The summed E-state index contributed by atoms with van der Waals surface area (Å²) in [5.74, 6) is 0. The summed E-state index contributed by atoms with van der Waals surface area (Å²) in [5.41, 5.74) is 0. The van der Waals surface area contributed by atoms with Crippen molar-refractivity contribution in [2.75, 3.05) is 13.1 Å². The van der Waals surface area contributed by atoms with E-state index in [1.165, 1.54) is 12.8 Å². The number of rotatable bonds is 7. The summed E-state index contributed by atoms with van der Waals surface area (Å²) in [7, 11) is 0. The molecule has 0 aliphatic heterocycles. The molecular weight excluding hydrogens is 148 g/mol. The standard InChI is InChI=1S/C10H24N2/c1-5-11-9(3)7-8-10(4)12-6-2/h9-12H,5-8H2,1-4H3. The largest absolute Gasteiger partial charge is 0.315 e. The van der Waals surface area contributed by atoms with Gasteiger partial charge in [-0.1, -0.05) is 13.8 Å². The van der Waals surface area contributed by atoms with Crippen LogP contribution in [0.15, 0.2) is 0 Å². The van der Waals surface area contributed by atoms with Crippen LogP contribution in [0.1, 0.15) is 40.5 Å². The Balaban J connectivity index is 3.27. The molecule has 0 rings (SSSR count). The Labute approximate surface area is 77.1 Å². The van der Waals surface area contributed by atoms with Crippen molar-refractivity contribution >= 4 is 0 Å². The third kappa shape index (κ3) is 6.62. The van der Waals surface area contributed by atoms with E-state index in [2.05, 4.69) is 38.3 Å². The summed E-state index contributed by atoms with van der Waals surface area (Å²) in [6.45, 7) is 11.0. The van der Waals surface area contributed by atoms with Crippen molar-refractivity contribution in [3.05, 3.63) is 0 Å². The number of nitrogens with one attached hydrogen (secondary N) is 2. The molecule has 0 saturated carbocycles. The minimum absolute atomic E-state index is 0.663. The monoisotopic (exact) mass is 172 g/mol. The van der Waals surface area contributed by atoms with Gasteiger partial charge in [0.1, 0.15) is 0 Å². The average molecular weight is 172 g/mol.